The van der Waals surface area contributed by atoms with Crippen LogP contribution < -0.4 is 16.6 Å². The normalized spacial score (nSPS) is 17.0. The van der Waals surface area contributed by atoms with Gasteiger partial charge in [0, 0.05) is 31.2 Å². The molecule has 1 aromatic carbocycles. The van der Waals surface area contributed by atoms with Crippen LogP contribution in [0.2, 0.25) is 5.02 Å². The molecule has 13 heteroatoms. The smallest absolute Gasteiger partial charge is 0.287 e. The number of fused-ring (bicyclic) bond motifs is 1. The van der Waals surface area contributed by atoms with Gasteiger partial charge in [0.15, 0.2) is 15.7 Å². The van der Waals surface area contributed by atoms with E-state index in [0.29, 0.717) is 17.9 Å². The maximum Gasteiger partial charge on any atom is 0.287 e. The van der Waals surface area contributed by atoms with Crippen molar-refractivity contribution < 1.29 is 22.8 Å². The van der Waals surface area contributed by atoms with E-state index < -0.39 is 37.1 Å². The molecule has 0 atom stereocenters. The van der Waals surface area contributed by atoms with Crippen LogP contribution in [0.15, 0.2) is 30.5 Å². The number of hydrazine groups is 1. The lowest BCUT2D eigenvalue weighted by Crippen LogP contribution is -2.57. The van der Waals surface area contributed by atoms with E-state index in [4.69, 9.17) is 17.4 Å². The number of benzene rings is 1. The first-order valence-corrected chi connectivity index (χ1v) is 12.9. The number of carbonyl (C=O) groups is 3. The third kappa shape index (κ3) is 4.30. The average Bonchev–Trinajstić information content (AvgIpc) is 3.50. The zero-order valence-electron chi connectivity index (χ0n) is 19.4. The van der Waals surface area contributed by atoms with Gasteiger partial charge in [0.2, 0.25) is 0 Å². The number of aromatic nitrogens is 2. The Morgan fingerprint density at radius 3 is 2.46 bits per heavy atom. The van der Waals surface area contributed by atoms with Crippen molar-refractivity contribution in [3.63, 3.8) is 0 Å². The molecule has 1 aliphatic carbocycles. The Balaban J connectivity index is 1.47. The number of hydrogen-bond acceptors (Lipinski definition) is 7. The van der Waals surface area contributed by atoms with Gasteiger partial charge in [0.25, 0.3) is 17.7 Å². The fourth-order valence-corrected chi connectivity index (χ4v) is 6.77. The molecule has 0 radical (unpaired) electrons. The molecule has 1 fully saturated rings. The van der Waals surface area contributed by atoms with Gasteiger partial charge >= 0.3 is 0 Å². The van der Waals surface area contributed by atoms with Crippen LogP contribution in [0.5, 0.6) is 0 Å². The van der Waals surface area contributed by atoms with E-state index in [9.17, 15) is 22.8 Å². The topological polar surface area (TPSA) is 156 Å². The second-order valence-electron chi connectivity index (χ2n) is 9.32. The minimum absolute atomic E-state index is 0.0429. The van der Waals surface area contributed by atoms with Crippen LogP contribution in [0.1, 0.15) is 53.4 Å². The molecule has 0 bridgehead atoms. The van der Waals surface area contributed by atoms with Crippen molar-refractivity contribution in [3.05, 3.63) is 52.6 Å². The molecule has 0 saturated heterocycles. The summed E-state index contributed by atoms with van der Waals surface area (Å²) in [6.45, 7) is 3.34. The highest BCUT2D eigenvalue weighted by atomic mass is 35.5. The van der Waals surface area contributed by atoms with Gasteiger partial charge in [-0.1, -0.05) is 23.7 Å². The predicted octanol–water partition coefficient (Wildman–Crippen LogP) is 0.638. The first kappa shape index (κ1) is 25.1. The minimum Gasteiger partial charge on any atom is -0.345 e. The Labute approximate surface area is 207 Å². The third-order valence-corrected chi connectivity index (χ3v) is 10.2. The standard InChI is InChI=1S/C22H27ClN6O5S/c1-21(2,20(32)27-24)35(33,34)22(7-8-22)13-28-9-10-29-16(19(28)31)12-25-17(29)18(30)26-11-14-3-5-15(23)6-4-14/h3-6,12H,7-11,13,24H2,1-2H3,(H,26,30)(H,27,32). The molecular formula is C22H27ClN6O5S. The molecular weight excluding hydrogens is 496 g/mol. The molecule has 4 rings (SSSR count). The summed E-state index contributed by atoms with van der Waals surface area (Å²) in [7, 11) is -3.96. The van der Waals surface area contributed by atoms with Crippen LogP contribution in [0.25, 0.3) is 0 Å². The van der Waals surface area contributed by atoms with Gasteiger partial charge in [0.05, 0.1) is 10.9 Å². The molecule has 35 heavy (non-hydrogen) atoms. The van der Waals surface area contributed by atoms with Crippen molar-refractivity contribution in [3.8, 4) is 0 Å². The van der Waals surface area contributed by atoms with Crippen LogP contribution in [-0.4, -0.2) is 63.2 Å². The maximum absolute atomic E-state index is 13.3. The molecule has 2 heterocycles. The van der Waals surface area contributed by atoms with Gasteiger partial charge in [-0.3, -0.25) is 19.8 Å². The minimum atomic E-state index is -3.96. The number of nitrogens with zero attached hydrogens (tertiary/aromatic N) is 3. The molecule has 1 saturated carbocycles. The van der Waals surface area contributed by atoms with E-state index in [1.807, 2.05) is 5.43 Å². The Morgan fingerprint density at radius 1 is 1.20 bits per heavy atom. The lowest BCUT2D eigenvalue weighted by atomic mass is 10.2. The highest BCUT2D eigenvalue weighted by Gasteiger charge is 2.62. The highest BCUT2D eigenvalue weighted by Crippen LogP contribution is 2.49. The molecule has 11 nitrogen and oxygen atoms in total. The largest absolute Gasteiger partial charge is 0.345 e. The fourth-order valence-electron chi connectivity index (χ4n) is 4.29. The Morgan fingerprint density at radius 2 is 1.86 bits per heavy atom. The molecule has 0 spiro atoms. The average molecular weight is 523 g/mol. The summed E-state index contributed by atoms with van der Waals surface area (Å²) < 4.78 is 25.3. The number of rotatable bonds is 8. The SMILES string of the molecule is CC(C)(C(=O)NN)S(=O)(=O)C1(CN2CCn3c(cnc3C(=O)NCc3ccc(Cl)cc3)C2=O)CC1. The van der Waals surface area contributed by atoms with Crippen LogP contribution in [-0.2, 0) is 27.7 Å². The molecule has 1 aromatic heterocycles. The zero-order valence-corrected chi connectivity index (χ0v) is 20.9. The van der Waals surface area contributed by atoms with E-state index in [1.54, 1.807) is 24.3 Å². The number of sulfone groups is 1. The van der Waals surface area contributed by atoms with Crippen molar-refractivity contribution in [1.29, 1.82) is 0 Å². The van der Waals surface area contributed by atoms with Gasteiger partial charge in [-0.2, -0.15) is 0 Å². The molecule has 2 aromatic rings. The summed E-state index contributed by atoms with van der Waals surface area (Å²) in [5.41, 5.74) is 2.99. The number of imidazole rings is 1. The van der Waals surface area contributed by atoms with Crippen LogP contribution in [0.4, 0.5) is 0 Å². The number of nitrogens with two attached hydrogens (primary N) is 1. The Hall–Kier alpha value is -2.96. The summed E-state index contributed by atoms with van der Waals surface area (Å²) in [6.07, 6.45) is 2.02. The molecule has 3 amide bonds. The lowest BCUT2D eigenvalue weighted by Gasteiger charge is -2.34. The van der Waals surface area contributed by atoms with E-state index in [2.05, 4.69) is 10.3 Å². The van der Waals surface area contributed by atoms with Gasteiger partial charge in [-0.15, -0.1) is 0 Å². The number of nitrogens with one attached hydrogen (secondary N) is 2. The van der Waals surface area contributed by atoms with Crippen molar-refractivity contribution in [2.24, 2.45) is 5.84 Å². The van der Waals surface area contributed by atoms with E-state index in [-0.39, 0.29) is 37.7 Å². The maximum atomic E-state index is 13.3. The second-order valence-corrected chi connectivity index (χ2v) is 12.7. The third-order valence-electron chi connectivity index (χ3n) is 6.73. The number of amides is 3. The number of halogens is 1. The van der Waals surface area contributed by atoms with E-state index >= 15 is 0 Å². The van der Waals surface area contributed by atoms with E-state index in [1.165, 1.54) is 29.5 Å². The molecule has 0 unspecified atom stereocenters. The zero-order chi connectivity index (χ0) is 25.6. The van der Waals surface area contributed by atoms with Crippen molar-refractivity contribution >= 4 is 39.2 Å². The molecule has 4 N–H and O–H groups in total. The monoisotopic (exact) mass is 522 g/mol. The van der Waals surface area contributed by atoms with Crippen molar-refractivity contribution in [1.82, 2.24) is 25.2 Å². The van der Waals surface area contributed by atoms with Gasteiger partial charge < -0.3 is 14.8 Å². The van der Waals surface area contributed by atoms with Crippen molar-refractivity contribution in [2.45, 2.75) is 49.3 Å². The van der Waals surface area contributed by atoms with Gasteiger partial charge in [0.1, 0.15) is 10.4 Å². The Kier molecular flexibility index (Phi) is 6.41. The quantitative estimate of drug-likeness (QED) is 0.261. The first-order valence-electron chi connectivity index (χ1n) is 11.1. The summed E-state index contributed by atoms with van der Waals surface area (Å²) in [6, 6.07) is 7.05. The van der Waals surface area contributed by atoms with Gasteiger partial charge in [-0.05, 0) is 44.4 Å². The molecule has 188 valence electrons. The fraction of sp³-hybridized carbons (Fsp3) is 0.455. The molecule has 2 aliphatic rings. The predicted molar refractivity (Wildman–Crippen MR) is 128 cm³/mol. The summed E-state index contributed by atoms with van der Waals surface area (Å²) in [5, 5.41) is 3.38. The highest BCUT2D eigenvalue weighted by molar-refractivity contribution is 7.95. The summed E-state index contributed by atoms with van der Waals surface area (Å²) in [5.74, 6) is 3.65. The van der Waals surface area contributed by atoms with Crippen LogP contribution >= 0.6 is 11.6 Å². The summed E-state index contributed by atoms with van der Waals surface area (Å²) >= 11 is 5.88. The van der Waals surface area contributed by atoms with Crippen LogP contribution in [0, 0.1) is 0 Å². The number of carbonyl (C=O) groups excluding carboxylic acids is 3. The summed E-state index contributed by atoms with van der Waals surface area (Å²) in [4.78, 5) is 43.6. The molecule has 1 aliphatic heterocycles. The Bertz CT molecular complexity index is 1280. The van der Waals surface area contributed by atoms with Gasteiger partial charge in [-0.25, -0.2) is 19.2 Å². The van der Waals surface area contributed by atoms with Crippen LogP contribution in [0.3, 0.4) is 0 Å². The lowest BCUT2D eigenvalue weighted by molar-refractivity contribution is -0.122. The van der Waals surface area contributed by atoms with E-state index in [0.717, 1.165) is 5.56 Å². The van der Waals surface area contributed by atoms with Crippen molar-refractivity contribution in [2.75, 3.05) is 13.1 Å². The second kappa shape index (κ2) is 8.92. The number of hydrogen-bond donors (Lipinski definition) is 3. The first-order chi connectivity index (χ1) is 16.4.